The Morgan fingerprint density at radius 1 is 0.741 bits per heavy atom. The van der Waals surface area contributed by atoms with Gasteiger partial charge in [0, 0.05) is 19.2 Å². The van der Waals surface area contributed by atoms with E-state index in [0.717, 1.165) is 34.4 Å². The number of imidazole rings is 1. The maximum absolute atomic E-state index is 14.0. The number of nitrogens with zero attached hydrogens (tertiary/aromatic N) is 2. The number of aromatic nitrogens is 2. The van der Waals surface area contributed by atoms with Gasteiger partial charge in [-0.1, -0.05) is 136 Å². The molecular formula is C44H40F3N3O4. The maximum Gasteiger partial charge on any atom is 0.423 e. The van der Waals surface area contributed by atoms with Crippen molar-refractivity contribution in [1.29, 1.82) is 0 Å². The number of hydrogen-bond donors (Lipinski definition) is 2. The monoisotopic (exact) mass is 731 g/mol. The second-order valence-electron chi connectivity index (χ2n) is 14.3. The summed E-state index contributed by atoms with van der Waals surface area (Å²) in [6, 6.07) is 39.2. The van der Waals surface area contributed by atoms with Gasteiger partial charge in [-0.2, -0.15) is 13.2 Å². The molecule has 276 valence electrons. The molecule has 0 saturated carbocycles. The molecule has 6 rings (SSSR count). The number of aromatic hydroxyl groups is 1. The summed E-state index contributed by atoms with van der Waals surface area (Å²) < 4.78 is 49.6. The number of Topliss-reactive ketones (excluding diaryl/α,β-unsaturated/α-hetero) is 1. The van der Waals surface area contributed by atoms with Crippen LogP contribution in [0.15, 0.2) is 140 Å². The highest BCUT2D eigenvalue weighted by Crippen LogP contribution is 2.45. The molecule has 1 heterocycles. The average molecular weight is 732 g/mol. The van der Waals surface area contributed by atoms with Crippen LogP contribution in [0.3, 0.4) is 0 Å². The van der Waals surface area contributed by atoms with Crippen LogP contribution in [-0.2, 0) is 24.9 Å². The molecule has 10 heteroatoms. The number of carbonyl (C=O) groups is 2. The number of rotatable bonds is 12. The Labute approximate surface area is 312 Å². The lowest BCUT2D eigenvalue weighted by atomic mass is 9.77. The van der Waals surface area contributed by atoms with Crippen LogP contribution in [0.25, 0.3) is 0 Å². The number of hydrogen-bond acceptors (Lipinski definition) is 5. The lowest BCUT2D eigenvalue weighted by molar-refractivity contribution is -0.140. The SMILES string of the molecule is CC(C)(C)CC(=O)c1ccc(OCc2ccc(CNC(=O)c3cn(C(c4ccccc4)(c4ccccc4)c4ccccc4)cn3)cc2)c(C(F)(F)F)c1O. The number of halogens is 3. The Hall–Kier alpha value is -6.16. The van der Waals surface area contributed by atoms with Crippen molar-refractivity contribution in [3.8, 4) is 11.5 Å². The lowest BCUT2D eigenvalue weighted by Gasteiger charge is -2.37. The van der Waals surface area contributed by atoms with E-state index in [0.29, 0.717) is 5.56 Å². The molecule has 0 aliphatic carbocycles. The number of nitrogens with one attached hydrogen (secondary N) is 1. The molecule has 6 aromatic rings. The third-order valence-corrected chi connectivity index (χ3v) is 9.06. The molecule has 0 spiro atoms. The number of carbonyl (C=O) groups excluding carboxylic acids is 2. The lowest BCUT2D eigenvalue weighted by Crippen LogP contribution is -2.37. The van der Waals surface area contributed by atoms with Crippen LogP contribution in [0.4, 0.5) is 13.2 Å². The number of phenols is 1. The summed E-state index contributed by atoms with van der Waals surface area (Å²) in [5.41, 5.74) is 1.41. The number of phenolic OH excluding ortho intramolecular Hbond substituents is 1. The Morgan fingerprint density at radius 2 is 1.26 bits per heavy atom. The molecule has 1 amide bonds. The Morgan fingerprint density at radius 3 is 1.76 bits per heavy atom. The van der Waals surface area contributed by atoms with Crippen molar-refractivity contribution in [3.63, 3.8) is 0 Å². The summed E-state index contributed by atoms with van der Waals surface area (Å²) in [5.74, 6) is -2.70. The van der Waals surface area contributed by atoms with E-state index in [4.69, 9.17) is 4.74 Å². The molecule has 0 aliphatic heterocycles. The van der Waals surface area contributed by atoms with Crippen molar-refractivity contribution < 1.29 is 32.6 Å². The molecule has 0 bridgehead atoms. The van der Waals surface area contributed by atoms with E-state index in [-0.39, 0.29) is 31.2 Å². The van der Waals surface area contributed by atoms with Gasteiger partial charge in [0.25, 0.3) is 5.91 Å². The van der Waals surface area contributed by atoms with Gasteiger partial charge in [-0.25, -0.2) is 4.98 Å². The van der Waals surface area contributed by atoms with E-state index in [1.54, 1.807) is 57.6 Å². The van der Waals surface area contributed by atoms with Gasteiger partial charge in [-0.05, 0) is 45.4 Å². The predicted molar refractivity (Wildman–Crippen MR) is 200 cm³/mol. The van der Waals surface area contributed by atoms with Gasteiger partial charge in [0.2, 0.25) is 0 Å². The van der Waals surface area contributed by atoms with Gasteiger partial charge in [0.05, 0.1) is 11.9 Å². The van der Waals surface area contributed by atoms with Crippen LogP contribution < -0.4 is 10.1 Å². The summed E-state index contributed by atoms with van der Waals surface area (Å²) >= 11 is 0. The van der Waals surface area contributed by atoms with Gasteiger partial charge in [-0.3, -0.25) is 9.59 Å². The molecule has 7 nitrogen and oxygen atoms in total. The fourth-order valence-electron chi connectivity index (χ4n) is 6.56. The molecule has 0 atom stereocenters. The third kappa shape index (κ3) is 8.07. The molecule has 0 radical (unpaired) electrons. The van der Waals surface area contributed by atoms with Gasteiger partial charge < -0.3 is 19.7 Å². The Kier molecular flexibility index (Phi) is 10.7. The van der Waals surface area contributed by atoms with Crippen LogP contribution in [0.1, 0.15) is 81.4 Å². The van der Waals surface area contributed by atoms with Crippen molar-refractivity contribution in [1.82, 2.24) is 14.9 Å². The molecule has 2 N–H and O–H groups in total. The first-order valence-electron chi connectivity index (χ1n) is 17.4. The molecule has 0 saturated heterocycles. The Bertz CT molecular complexity index is 2120. The van der Waals surface area contributed by atoms with Crippen molar-refractivity contribution in [2.75, 3.05) is 0 Å². The third-order valence-electron chi connectivity index (χ3n) is 9.06. The normalized spacial score (nSPS) is 12.0. The van der Waals surface area contributed by atoms with Crippen molar-refractivity contribution in [2.24, 2.45) is 5.41 Å². The predicted octanol–water partition coefficient (Wildman–Crippen LogP) is 9.58. The zero-order chi connectivity index (χ0) is 38.5. The second-order valence-corrected chi connectivity index (χ2v) is 14.3. The van der Waals surface area contributed by atoms with Gasteiger partial charge in [0.1, 0.15) is 34.9 Å². The molecule has 0 aliphatic rings. The van der Waals surface area contributed by atoms with E-state index < -0.39 is 45.5 Å². The van der Waals surface area contributed by atoms with Crippen molar-refractivity contribution in [3.05, 3.63) is 185 Å². The first-order valence-corrected chi connectivity index (χ1v) is 17.4. The first-order chi connectivity index (χ1) is 25.8. The standard InChI is InChI=1S/C44H40F3N3O4/c1-42(2,3)25-37(51)35-23-24-38(39(40(35)52)44(45,46)47)54-28-31-21-19-30(20-22-31)26-48-41(53)36-27-50(29-49-36)43(32-13-7-4-8-14-32,33-15-9-5-10-16-33)34-17-11-6-12-18-34/h4-24,27,29,52H,25-26,28H2,1-3H3,(H,48,53). The fourth-order valence-corrected chi connectivity index (χ4v) is 6.56. The smallest absolute Gasteiger partial charge is 0.423 e. The minimum atomic E-state index is -4.96. The number of ketones is 1. The average Bonchev–Trinajstić information content (AvgIpc) is 3.64. The van der Waals surface area contributed by atoms with Crippen molar-refractivity contribution in [2.45, 2.75) is 52.1 Å². The first kappa shape index (κ1) is 37.6. The van der Waals surface area contributed by atoms with E-state index in [1.165, 1.54) is 0 Å². The summed E-state index contributed by atoms with van der Waals surface area (Å²) in [7, 11) is 0. The number of ether oxygens (including phenoxy) is 1. The topological polar surface area (TPSA) is 93.5 Å². The maximum atomic E-state index is 14.0. The molecule has 1 aromatic heterocycles. The van der Waals surface area contributed by atoms with E-state index in [1.807, 2.05) is 59.2 Å². The summed E-state index contributed by atoms with van der Waals surface area (Å²) in [5, 5.41) is 13.4. The van der Waals surface area contributed by atoms with Gasteiger partial charge >= 0.3 is 6.18 Å². The highest BCUT2D eigenvalue weighted by atomic mass is 19.4. The minimum absolute atomic E-state index is 0.0361. The minimum Gasteiger partial charge on any atom is -0.506 e. The van der Waals surface area contributed by atoms with Crippen LogP contribution in [0, 0.1) is 5.41 Å². The molecule has 5 aromatic carbocycles. The summed E-state index contributed by atoms with van der Waals surface area (Å²) in [6.45, 7) is 5.30. The molecule has 54 heavy (non-hydrogen) atoms. The number of amides is 1. The summed E-state index contributed by atoms with van der Waals surface area (Å²) in [6.07, 6.45) is -1.59. The van der Waals surface area contributed by atoms with Crippen LogP contribution in [0.2, 0.25) is 0 Å². The number of alkyl halides is 3. The van der Waals surface area contributed by atoms with E-state index in [9.17, 15) is 27.9 Å². The highest BCUT2D eigenvalue weighted by Gasteiger charge is 2.40. The summed E-state index contributed by atoms with van der Waals surface area (Å²) in [4.78, 5) is 30.6. The molecule has 0 unspecified atom stereocenters. The largest absolute Gasteiger partial charge is 0.506 e. The second kappa shape index (κ2) is 15.4. The van der Waals surface area contributed by atoms with Crippen LogP contribution in [0.5, 0.6) is 11.5 Å². The molecule has 0 fully saturated rings. The van der Waals surface area contributed by atoms with Gasteiger partial charge in [0.15, 0.2) is 5.78 Å². The Balaban J connectivity index is 1.16. The van der Waals surface area contributed by atoms with Crippen LogP contribution in [-0.4, -0.2) is 26.3 Å². The van der Waals surface area contributed by atoms with Crippen molar-refractivity contribution >= 4 is 11.7 Å². The van der Waals surface area contributed by atoms with E-state index >= 15 is 0 Å². The van der Waals surface area contributed by atoms with E-state index in [2.05, 4.69) is 46.7 Å². The molecular weight excluding hydrogens is 691 g/mol. The van der Waals surface area contributed by atoms with Gasteiger partial charge in [-0.15, -0.1) is 0 Å². The van der Waals surface area contributed by atoms with Crippen LogP contribution >= 0.6 is 0 Å². The fraction of sp³-hybridized carbons (Fsp3) is 0.205. The quantitative estimate of drug-likeness (QED) is 0.0967. The number of benzene rings is 5. The zero-order valence-electron chi connectivity index (χ0n) is 30.1. The zero-order valence-corrected chi connectivity index (χ0v) is 30.1. The highest BCUT2D eigenvalue weighted by molar-refractivity contribution is 5.99.